The van der Waals surface area contributed by atoms with Crippen molar-refractivity contribution in [2.75, 3.05) is 13.1 Å². The number of tetrazole rings is 1. The molecule has 1 saturated heterocycles. The molecule has 3 aliphatic rings. The Hall–Kier alpha value is -1.01. The summed E-state index contributed by atoms with van der Waals surface area (Å²) in [6.45, 7) is 5.49. The van der Waals surface area contributed by atoms with Gasteiger partial charge in [-0.25, -0.2) is 0 Å². The van der Waals surface area contributed by atoms with Crippen molar-refractivity contribution in [2.45, 2.75) is 50.7 Å². The monoisotopic (exact) mass is 276 g/mol. The minimum absolute atomic E-state index is 0.285. The normalized spacial score (nSPS) is 35.4. The van der Waals surface area contributed by atoms with Crippen LogP contribution < -0.4 is 5.32 Å². The largest absolute Gasteiger partial charge is 0.308 e. The number of nitrogens with one attached hydrogen (secondary N) is 1. The molecule has 2 atom stereocenters. The summed E-state index contributed by atoms with van der Waals surface area (Å²) in [5.41, 5.74) is 0.285. The van der Waals surface area contributed by atoms with E-state index in [1.165, 1.54) is 25.7 Å². The molecule has 0 aromatic carbocycles. The topological polar surface area (TPSA) is 58.9 Å². The van der Waals surface area contributed by atoms with E-state index in [0.717, 1.165) is 37.3 Å². The van der Waals surface area contributed by atoms with Gasteiger partial charge in [-0.05, 0) is 49.7 Å². The summed E-state index contributed by atoms with van der Waals surface area (Å²) in [6, 6.07) is 0.658. The first-order valence-electron chi connectivity index (χ1n) is 7.86. The zero-order chi connectivity index (χ0) is 13.7. The van der Waals surface area contributed by atoms with Crippen LogP contribution in [0.1, 0.15) is 38.4 Å². The van der Waals surface area contributed by atoms with E-state index in [2.05, 4.69) is 32.6 Å². The van der Waals surface area contributed by atoms with Crippen LogP contribution in [0.15, 0.2) is 0 Å². The van der Waals surface area contributed by atoms with Gasteiger partial charge >= 0.3 is 0 Å². The molecule has 110 valence electrons. The van der Waals surface area contributed by atoms with Crippen molar-refractivity contribution >= 4 is 0 Å². The summed E-state index contributed by atoms with van der Waals surface area (Å²) < 4.78 is 0. The van der Waals surface area contributed by atoms with Gasteiger partial charge < -0.3 is 5.32 Å². The third-order valence-electron chi connectivity index (χ3n) is 5.25. The summed E-state index contributed by atoms with van der Waals surface area (Å²) in [5.74, 6) is 2.60. The third kappa shape index (κ3) is 2.35. The summed E-state index contributed by atoms with van der Waals surface area (Å²) >= 11 is 0. The average Bonchev–Trinajstić information content (AvgIpc) is 3.29. The van der Waals surface area contributed by atoms with Gasteiger partial charge in [-0.15, -0.1) is 10.2 Å². The molecule has 0 amide bonds. The lowest BCUT2D eigenvalue weighted by molar-refractivity contribution is 0.0557. The molecule has 0 spiro atoms. The van der Waals surface area contributed by atoms with Gasteiger partial charge in [0.05, 0.1) is 13.6 Å². The molecule has 6 nitrogen and oxygen atoms in total. The third-order valence-corrected chi connectivity index (χ3v) is 5.25. The lowest BCUT2D eigenvalue weighted by Gasteiger charge is -2.46. The summed E-state index contributed by atoms with van der Waals surface area (Å²) in [5, 5.41) is 16.3. The van der Waals surface area contributed by atoms with Crippen molar-refractivity contribution in [3.8, 4) is 0 Å². The van der Waals surface area contributed by atoms with Crippen LogP contribution in [0.5, 0.6) is 0 Å². The van der Waals surface area contributed by atoms with Crippen molar-refractivity contribution in [2.24, 2.45) is 18.9 Å². The van der Waals surface area contributed by atoms with E-state index in [4.69, 9.17) is 0 Å². The maximum atomic E-state index is 4.36. The van der Waals surface area contributed by atoms with Crippen LogP contribution in [0.25, 0.3) is 0 Å². The number of hydrogen-bond acceptors (Lipinski definition) is 5. The van der Waals surface area contributed by atoms with Crippen molar-refractivity contribution < 1.29 is 0 Å². The second kappa shape index (κ2) is 4.49. The molecule has 2 unspecified atom stereocenters. The fraction of sp³-hybridized carbons (Fsp3) is 0.929. The van der Waals surface area contributed by atoms with Crippen molar-refractivity contribution in [3.05, 3.63) is 5.82 Å². The highest BCUT2D eigenvalue weighted by molar-refractivity contribution is 5.06. The van der Waals surface area contributed by atoms with Gasteiger partial charge in [0.1, 0.15) is 0 Å². The second-order valence-corrected chi connectivity index (χ2v) is 7.08. The van der Waals surface area contributed by atoms with Gasteiger partial charge in [0.2, 0.25) is 0 Å². The van der Waals surface area contributed by atoms with E-state index < -0.39 is 0 Å². The van der Waals surface area contributed by atoms with Crippen molar-refractivity contribution in [3.63, 3.8) is 0 Å². The number of aryl methyl sites for hydroxylation is 1. The molecular formula is C14H24N6. The SMILES string of the molecule is Cn1nnc(CN2CC(C)(C3CC3)NCC2C2CC2)n1. The van der Waals surface area contributed by atoms with Gasteiger partial charge in [0, 0.05) is 24.7 Å². The van der Waals surface area contributed by atoms with E-state index in [1.807, 2.05) is 7.05 Å². The van der Waals surface area contributed by atoms with Gasteiger partial charge in [0.25, 0.3) is 0 Å². The minimum Gasteiger partial charge on any atom is -0.308 e. The molecule has 6 heteroatoms. The predicted molar refractivity (Wildman–Crippen MR) is 74.9 cm³/mol. The molecule has 0 bridgehead atoms. The van der Waals surface area contributed by atoms with Crippen LogP contribution in [-0.4, -0.2) is 49.8 Å². The summed E-state index contributed by atoms with van der Waals surface area (Å²) in [7, 11) is 1.83. The Labute approximate surface area is 119 Å². The molecule has 2 aliphatic carbocycles. The maximum absolute atomic E-state index is 4.36. The van der Waals surface area contributed by atoms with Crippen LogP contribution in [0.3, 0.4) is 0 Å². The van der Waals surface area contributed by atoms with Crippen LogP contribution >= 0.6 is 0 Å². The maximum Gasteiger partial charge on any atom is 0.188 e. The van der Waals surface area contributed by atoms with Crippen LogP contribution in [0.4, 0.5) is 0 Å². The van der Waals surface area contributed by atoms with Gasteiger partial charge in [-0.2, -0.15) is 4.80 Å². The van der Waals surface area contributed by atoms with E-state index in [1.54, 1.807) is 4.80 Å². The Balaban J connectivity index is 1.51. The number of rotatable bonds is 4. The zero-order valence-corrected chi connectivity index (χ0v) is 12.4. The predicted octanol–water partition coefficient (Wildman–Crippen LogP) is 0.563. The first kappa shape index (κ1) is 12.7. The van der Waals surface area contributed by atoms with Crippen LogP contribution in [0, 0.1) is 11.8 Å². The van der Waals surface area contributed by atoms with Crippen molar-refractivity contribution in [1.82, 2.24) is 30.4 Å². The van der Waals surface area contributed by atoms with E-state index in [-0.39, 0.29) is 5.54 Å². The Morgan fingerprint density at radius 3 is 2.70 bits per heavy atom. The molecule has 1 aliphatic heterocycles. The number of hydrogen-bond donors (Lipinski definition) is 1. The molecular weight excluding hydrogens is 252 g/mol. The number of aromatic nitrogens is 4. The highest BCUT2D eigenvalue weighted by atomic mass is 15.6. The van der Waals surface area contributed by atoms with Gasteiger partial charge in [0.15, 0.2) is 5.82 Å². The Morgan fingerprint density at radius 2 is 2.10 bits per heavy atom. The zero-order valence-electron chi connectivity index (χ0n) is 12.4. The number of nitrogens with zero attached hydrogens (tertiary/aromatic N) is 5. The first-order valence-corrected chi connectivity index (χ1v) is 7.86. The molecule has 1 aromatic rings. The molecule has 0 radical (unpaired) electrons. The quantitative estimate of drug-likeness (QED) is 0.871. The second-order valence-electron chi connectivity index (χ2n) is 7.08. The van der Waals surface area contributed by atoms with Crippen molar-refractivity contribution in [1.29, 1.82) is 0 Å². The first-order chi connectivity index (χ1) is 9.64. The molecule has 1 N–H and O–H groups in total. The average molecular weight is 276 g/mol. The highest BCUT2D eigenvalue weighted by Crippen LogP contribution is 2.44. The van der Waals surface area contributed by atoms with Gasteiger partial charge in [-0.3, -0.25) is 4.90 Å². The molecule has 2 saturated carbocycles. The Morgan fingerprint density at radius 1 is 1.30 bits per heavy atom. The van der Waals surface area contributed by atoms with Crippen LogP contribution in [0.2, 0.25) is 0 Å². The lowest BCUT2D eigenvalue weighted by Crippen LogP contribution is -2.64. The summed E-state index contributed by atoms with van der Waals surface area (Å²) in [4.78, 5) is 4.17. The molecule has 4 rings (SSSR count). The van der Waals surface area contributed by atoms with Crippen LogP contribution in [-0.2, 0) is 13.6 Å². The van der Waals surface area contributed by atoms with E-state index in [0.29, 0.717) is 6.04 Å². The summed E-state index contributed by atoms with van der Waals surface area (Å²) in [6.07, 6.45) is 5.54. The molecule has 3 fully saturated rings. The molecule has 20 heavy (non-hydrogen) atoms. The van der Waals surface area contributed by atoms with E-state index in [9.17, 15) is 0 Å². The lowest BCUT2D eigenvalue weighted by atomic mass is 9.90. The number of piperazine rings is 1. The molecule has 1 aromatic heterocycles. The fourth-order valence-corrected chi connectivity index (χ4v) is 3.74. The highest BCUT2D eigenvalue weighted by Gasteiger charge is 2.48. The smallest absolute Gasteiger partial charge is 0.188 e. The molecule has 2 heterocycles. The fourth-order valence-electron chi connectivity index (χ4n) is 3.74. The Kier molecular flexibility index (Phi) is 2.86. The van der Waals surface area contributed by atoms with Gasteiger partial charge in [-0.1, -0.05) is 0 Å². The van der Waals surface area contributed by atoms with E-state index >= 15 is 0 Å². The minimum atomic E-state index is 0.285. The standard InChI is InChI=1S/C14H24N6/c1-14(11-5-6-11)9-20(8-13-16-18-19(2)17-13)12(7-15-14)10-3-4-10/h10-12,15H,3-9H2,1-2H3. The Bertz CT molecular complexity index is 492.